The third-order valence-electron chi connectivity index (χ3n) is 14.8. The number of nitrogens with zero attached hydrogens (tertiary/aromatic N) is 3. The second-order valence-corrected chi connectivity index (χ2v) is 23.0. The first-order chi connectivity index (χ1) is 42.2. The fraction of sp³-hybridized carbons (Fsp3) is 0.812. The van der Waals surface area contributed by atoms with Crippen molar-refractivity contribution in [2.24, 2.45) is 5.41 Å². The van der Waals surface area contributed by atoms with Crippen LogP contribution in [0.2, 0.25) is 0 Å². The van der Waals surface area contributed by atoms with Gasteiger partial charge in [0, 0.05) is 39.4 Å². The molecular weight excluding hydrogens is 1150 g/mol. The molecular formula is C64H111N3O21. The molecule has 1 atom stereocenters. The molecule has 0 aliphatic rings. The van der Waals surface area contributed by atoms with E-state index in [0.29, 0.717) is 12.8 Å². The number of carbonyl (C=O) groups excluding carboxylic acids is 5. The van der Waals surface area contributed by atoms with Gasteiger partial charge in [-0.3, -0.25) is 57.9 Å². The van der Waals surface area contributed by atoms with E-state index in [2.05, 4.69) is 13.8 Å². The van der Waals surface area contributed by atoms with Crippen LogP contribution in [-0.2, 0) is 76.4 Å². The van der Waals surface area contributed by atoms with Crippen LogP contribution in [0.1, 0.15) is 226 Å². The molecule has 24 nitrogen and oxygen atoms in total. The quantitative estimate of drug-likeness (QED) is 0.0164. The molecule has 0 saturated carbocycles. The molecule has 0 heterocycles. The lowest BCUT2D eigenvalue weighted by Gasteiger charge is -2.33. The van der Waals surface area contributed by atoms with Gasteiger partial charge in [0.15, 0.2) is 5.41 Å². The summed E-state index contributed by atoms with van der Waals surface area (Å²) in [5.74, 6) is -10.9. The predicted octanol–water partition coefficient (Wildman–Crippen LogP) is 9.50. The number of carboxylic acids is 5. The Balaban J connectivity index is 5.72. The van der Waals surface area contributed by atoms with E-state index in [1.54, 1.807) is 0 Å². The number of hydrogen-bond donors (Lipinski definition) is 5. The van der Waals surface area contributed by atoms with Crippen LogP contribution in [0.5, 0.6) is 0 Å². The van der Waals surface area contributed by atoms with E-state index in [1.165, 1.54) is 145 Å². The van der Waals surface area contributed by atoms with Crippen LogP contribution in [0.25, 0.3) is 0 Å². The van der Waals surface area contributed by atoms with E-state index >= 15 is 0 Å². The lowest BCUT2D eigenvalue weighted by Crippen LogP contribution is -2.52. The maximum Gasteiger partial charge on any atom is 0.332 e. The van der Waals surface area contributed by atoms with Crippen molar-refractivity contribution in [3.63, 3.8) is 0 Å². The molecule has 0 radical (unpaired) electrons. The van der Waals surface area contributed by atoms with Crippen molar-refractivity contribution in [3.8, 4) is 0 Å². The highest BCUT2D eigenvalue weighted by Crippen LogP contribution is 2.25. The maximum absolute atomic E-state index is 14.0. The fourth-order valence-electron chi connectivity index (χ4n) is 9.80. The van der Waals surface area contributed by atoms with Crippen LogP contribution >= 0.6 is 0 Å². The van der Waals surface area contributed by atoms with Crippen molar-refractivity contribution in [1.29, 1.82) is 0 Å². The van der Waals surface area contributed by atoms with Gasteiger partial charge in [0.05, 0.1) is 45.4 Å². The molecule has 0 aliphatic heterocycles. The van der Waals surface area contributed by atoms with Gasteiger partial charge in [-0.05, 0) is 18.9 Å². The van der Waals surface area contributed by atoms with Crippen LogP contribution in [0.4, 0.5) is 0 Å². The Bertz CT molecular complexity index is 1890. The summed E-state index contributed by atoms with van der Waals surface area (Å²) in [5, 5.41) is 47.2. The summed E-state index contributed by atoms with van der Waals surface area (Å²) in [4.78, 5) is 126. The molecule has 508 valence electrons. The van der Waals surface area contributed by atoms with Crippen LogP contribution in [0.15, 0.2) is 12.2 Å². The Morgan fingerprint density at radius 2 is 0.739 bits per heavy atom. The standard InChI is InChI=1S/C64H111N3O21/c1-4-6-8-10-12-14-16-18-20-22-24-26-28-30-32-36-60(79)87-51-64(50-86-53(3)68,52-88-61(80)37-33-31-29-27-25-23-21-19-17-15-13-11-9-7-5-2)63(82)84-41-35-34-40-83-49-62(81)85-48-54(67(46-58(75)76)47-59(77)78)42-65(43-55(69)70)38-39-66(44-56(71)72)45-57(73)74/h34-35,54H,4-33,36-52H2,1-3H3,(H,69,70)(H,71,72)(H,73,74)(H,75,76)(H,77,78)/b35-34-. The number of rotatable bonds is 63. The van der Waals surface area contributed by atoms with E-state index in [4.69, 9.17) is 28.4 Å². The molecule has 0 spiro atoms. The number of ether oxygens (including phenoxy) is 6. The highest BCUT2D eigenvalue weighted by molar-refractivity contribution is 5.80. The summed E-state index contributed by atoms with van der Waals surface area (Å²) in [6.45, 7) is -3.05. The van der Waals surface area contributed by atoms with E-state index in [0.717, 1.165) is 68.1 Å². The maximum atomic E-state index is 14.0. The van der Waals surface area contributed by atoms with Crippen LogP contribution in [0, 0.1) is 5.41 Å². The van der Waals surface area contributed by atoms with E-state index < -0.39 is 150 Å². The number of carbonyl (C=O) groups is 10. The van der Waals surface area contributed by atoms with Crippen molar-refractivity contribution in [3.05, 3.63) is 12.2 Å². The van der Waals surface area contributed by atoms with Crippen molar-refractivity contribution >= 4 is 59.7 Å². The first-order valence-corrected chi connectivity index (χ1v) is 32.5. The SMILES string of the molecule is CCCCCCCCCCCCCCCCCC(=O)OCC(COC(C)=O)(COC(=O)CCCCCCCCCCCCCCCCC)C(=O)OC/C=C\COCC(=O)OCC(CN(CCN(CC(=O)O)CC(=O)O)CC(=O)O)N(CC(=O)O)CC(=O)O. The van der Waals surface area contributed by atoms with Crippen LogP contribution in [0.3, 0.4) is 0 Å². The topological polar surface area (TPSA) is 337 Å². The zero-order valence-corrected chi connectivity index (χ0v) is 53.6. The third-order valence-corrected chi connectivity index (χ3v) is 14.8. The molecule has 0 saturated heterocycles. The van der Waals surface area contributed by atoms with E-state index in [9.17, 15) is 73.5 Å². The van der Waals surface area contributed by atoms with Gasteiger partial charge in [0.1, 0.15) is 39.6 Å². The van der Waals surface area contributed by atoms with Crippen LogP contribution in [-0.4, -0.2) is 205 Å². The predicted molar refractivity (Wildman–Crippen MR) is 328 cm³/mol. The minimum absolute atomic E-state index is 0.0835. The van der Waals surface area contributed by atoms with Gasteiger partial charge in [-0.25, -0.2) is 4.79 Å². The van der Waals surface area contributed by atoms with Gasteiger partial charge < -0.3 is 54.0 Å². The Morgan fingerprint density at radius 3 is 1.11 bits per heavy atom. The summed E-state index contributed by atoms with van der Waals surface area (Å²) in [6, 6.07) is -1.25. The summed E-state index contributed by atoms with van der Waals surface area (Å²) < 4.78 is 32.7. The minimum atomic E-state index is -1.93. The normalized spacial score (nSPS) is 11.9. The smallest absolute Gasteiger partial charge is 0.332 e. The first kappa shape index (κ1) is 82.3. The zero-order chi connectivity index (χ0) is 65.5. The number of hydrogen-bond acceptors (Lipinski definition) is 19. The zero-order valence-electron chi connectivity index (χ0n) is 53.6. The Labute approximate surface area is 523 Å². The third kappa shape index (κ3) is 50.2. The first-order valence-electron chi connectivity index (χ1n) is 32.5. The second kappa shape index (κ2) is 55.4. The molecule has 0 aromatic heterocycles. The summed E-state index contributed by atoms with van der Waals surface area (Å²) in [7, 11) is 0. The number of aliphatic carboxylic acids is 5. The average molecular weight is 1260 g/mol. The molecule has 0 bridgehead atoms. The molecule has 24 heteroatoms. The second-order valence-electron chi connectivity index (χ2n) is 23.0. The van der Waals surface area contributed by atoms with Gasteiger partial charge >= 0.3 is 59.7 Å². The molecule has 0 aromatic carbocycles. The number of unbranched alkanes of at least 4 members (excludes halogenated alkanes) is 28. The van der Waals surface area contributed by atoms with Crippen molar-refractivity contribution in [2.75, 3.05) is 98.6 Å². The van der Waals surface area contributed by atoms with Gasteiger partial charge in [-0.1, -0.05) is 200 Å². The summed E-state index contributed by atoms with van der Waals surface area (Å²) >= 11 is 0. The largest absolute Gasteiger partial charge is 0.480 e. The molecule has 0 rings (SSSR count). The summed E-state index contributed by atoms with van der Waals surface area (Å²) in [5.41, 5.74) is -1.93. The van der Waals surface area contributed by atoms with Crippen molar-refractivity contribution in [2.45, 2.75) is 232 Å². The van der Waals surface area contributed by atoms with Gasteiger partial charge in [0.25, 0.3) is 0 Å². The van der Waals surface area contributed by atoms with Crippen molar-refractivity contribution < 1.29 is 102 Å². The van der Waals surface area contributed by atoms with Gasteiger partial charge in [-0.2, -0.15) is 0 Å². The molecule has 0 aliphatic carbocycles. The highest BCUT2D eigenvalue weighted by Gasteiger charge is 2.45. The molecule has 88 heavy (non-hydrogen) atoms. The van der Waals surface area contributed by atoms with Crippen LogP contribution < -0.4 is 0 Å². The number of carboxylic acid groups (broad SMARTS) is 5. The highest BCUT2D eigenvalue weighted by atomic mass is 16.6. The summed E-state index contributed by atoms with van der Waals surface area (Å²) in [6.07, 6.45) is 37.6. The molecule has 1 unspecified atom stereocenters. The average Bonchev–Trinajstić information content (AvgIpc) is 3.67. The molecule has 5 N–H and O–H groups in total. The molecule has 0 fully saturated rings. The lowest BCUT2D eigenvalue weighted by molar-refractivity contribution is -0.178. The Morgan fingerprint density at radius 1 is 0.398 bits per heavy atom. The molecule has 0 amide bonds. The minimum Gasteiger partial charge on any atom is -0.480 e. The van der Waals surface area contributed by atoms with E-state index in [-0.39, 0.29) is 32.5 Å². The van der Waals surface area contributed by atoms with Crippen molar-refractivity contribution in [1.82, 2.24) is 14.7 Å². The van der Waals surface area contributed by atoms with Gasteiger partial charge in [0.2, 0.25) is 0 Å². The van der Waals surface area contributed by atoms with Gasteiger partial charge in [-0.15, -0.1) is 0 Å². The monoisotopic (exact) mass is 1260 g/mol. The van der Waals surface area contributed by atoms with E-state index in [1.807, 2.05) is 0 Å². The fourth-order valence-corrected chi connectivity index (χ4v) is 9.80. The Kier molecular flexibility index (Phi) is 51.8. The Hall–Kier alpha value is -5.72. The molecule has 0 aromatic rings. The number of esters is 5. The lowest BCUT2D eigenvalue weighted by atomic mass is 9.91.